The van der Waals surface area contributed by atoms with Crippen molar-refractivity contribution in [1.82, 2.24) is 14.7 Å². The van der Waals surface area contributed by atoms with Crippen molar-refractivity contribution in [2.45, 2.75) is 33.0 Å². The van der Waals surface area contributed by atoms with Crippen molar-refractivity contribution >= 4 is 5.69 Å². The van der Waals surface area contributed by atoms with Gasteiger partial charge in [0.25, 0.3) is 0 Å². The first kappa shape index (κ1) is 17.1. The summed E-state index contributed by atoms with van der Waals surface area (Å²) in [5.74, 6) is 0. The minimum absolute atomic E-state index is 0.0230. The molecule has 0 spiro atoms. The Kier molecular flexibility index (Phi) is 5.46. The zero-order valence-corrected chi connectivity index (χ0v) is 13.6. The van der Waals surface area contributed by atoms with E-state index in [4.69, 9.17) is 0 Å². The summed E-state index contributed by atoms with van der Waals surface area (Å²) in [5, 5.41) is 25.4. The van der Waals surface area contributed by atoms with E-state index in [9.17, 15) is 15.2 Å². The van der Waals surface area contributed by atoms with Crippen molar-refractivity contribution in [2.75, 3.05) is 13.6 Å². The fraction of sp³-hybridized carbons (Fsp3) is 0.438. The largest absolute Gasteiger partial charge is 0.390 e. The Balaban J connectivity index is 1.96. The summed E-state index contributed by atoms with van der Waals surface area (Å²) in [6.45, 7) is 4.68. The second kappa shape index (κ2) is 7.34. The molecule has 124 valence electrons. The van der Waals surface area contributed by atoms with Crippen LogP contribution in [0.15, 0.2) is 30.3 Å². The van der Waals surface area contributed by atoms with Crippen molar-refractivity contribution < 1.29 is 10.0 Å². The van der Waals surface area contributed by atoms with Gasteiger partial charge in [0.2, 0.25) is 0 Å². The average molecular weight is 318 g/mol. The molecule has 1 atom stereocenters. The van der Waals surface area contributed by atoms with Gasteiger partial charge in [-0.2, -0.15) is 5.10 Å². The zero-order chi connectivity index (χ0) is 17.0. The molecule has 2 rings (SSSR count). The molecule has 1 aromatic heterocycles. The van der Waals surface area contributed by atoms with Crippen molar-refractivity contribution in [3.63, 3.8) is 0 Å². The van der Waals surface area contributed by atoms with E-state index in [1.165, 1.54) is 10.2 Å². The minimum atomic E-state index is -0.652. The summed E-state index contributed by atoms with van der Waals surface area (Å²) in [7, 11) is 1.93. The highest BCUT2D eigenvalue weighted by Gasteiger charge is 2.23. The molecule has 0 amide bonds. The molecule has 0 saturated carbocycles. The van der Waals surface area contributed by atoms with Crippen LogP contribution in [0.5, 0.6) is 0 Å². The van der Waals surface area contributed by atoms with E-state index in [0.29, 0.717) is 17.9 Å². The molecule has 1 N–H and O–H groups in total. The number of rotatable bonds is 7. The first-order valence-electron chi connectivity index (χ1n) is 7.47. The molecule has 2 aromatic rings. The van der Waals surface area contributed by atoms with E-state index in [0.717, 1.165) is 6.54 Å². The van der Waals surface area contributed by atoms with Crippen LogP contribution >= 0.6 is 0 Å². The van der Waals surface area contributed by atoms with Gasteiger partial charge in [-0.1, -0.05) is 30.3 Å². The number of likely N-dealkylation sites (N-methyl/N-ethyl adjacent to an activating group) is 1. The SMILES string of the molecule is Cc1nn(CC(O)CN(C)Cc2ccccc2)c(C)c1[N+](=O)[O-]. The second-order valence-electron chi connectivity index (χ2n) is 5.79. The summed E-state index contributed by atoms with van der Waals surface area (Å²) in [6, 6.07) is 10.00. The number of aromatic nitrogens is 2. The maximum absolute atomic E-state index is 11.0. The van der Waals surface area contributed by atoms with Crippen molar-refractivity contribution in [1.29, 1.82) is 0 Å². The van der Waals surface area contributed by atoms with Gasteiger partial charge < -0.3 is 5.11 Å². The van der Waals surface area contributed by atoms with Crippen molar-refractivity contribution in [3.05, 3.63) is 57.4 Å². The zero-order valence-electron chi connectivity index (χ0n) is 13.6. The molecule has 0 saturated heterocycles. The van der Waals surface area contributed by atoms with Crippen LogP contribution < -0.4 is 0 Å². The number of benzene rings is 1. The smallest absolute Gasteiger partial charge is 0.312 e. The van der Waals surface area contributed by atoms with Crippen LogP contribution in [0.1, 0.15) is 17.0 Å². The molecule has 0 aliphatic carbocycles. The molecule has 23 heavy (non-hydrogen) atoms. The summed E-state index contributed by atoms with van der Waals surface area (Å²) in [4.78, 5) is 12.6. The molecule has 0 bridgehead atoms. The maximum atomic E-state index is 11.0. The normalized spacial score (nSPS) is 12.6. The van der Waals surface area contributed by atoms with Crippen molar-refractivity contribution in [2.24, 2.45) is 0 Å². The number of hydrogen-bond donors (Lipinski definition) is 1. The minimum Gasteiger partial charge on any atom is -0.390 e. The maximum Gasteiger partial charge on any atom is 0.312 e. The van der Waals surface area contributed by atoms with Crippen LogP contribution in [-0.2, 0) is 13.1 Å². The predicted molar refractivity (Wildman–Crippen MR) is 87.1 cm³/mol. The molecular formula is C16H22N4O3. The highest BCUT2D eigenvalue weighted by Crippen LogP contribution is 2.21. The van der Waals surface area contributed by atoms with E-state index >= 15 is 0 Å². The van der Waals surface area contributed by atoms with Gasteiger partial charge >= 0.3 is 5.69 Å². The third-order valence-corrected chi connectivity index (χ3v) is 3.73. The van der Waals surface area contributed by atoms with Gasteiger partial charge in [0, 0.05) is 13.1 Å². The highest BCUT2D eigenvalue weighted by molar-refractivity contribution is 5.39. The lowest BCUT2D eigenvalue weighted by Gasteiger charge is -2.21. The molecule has 0 aliphatic heterocycles. The first-order valence-corrected chi connectivity index (χ1v) is 7.47. The van der Waals surface area contributed by atoms with Crippen LogP contribution in [-0.4, -0.2) is 44.4 Å². The molecule has 7 heteroatoms. The van der Waals surface area contributed by atoms with Gasteiger partial charge in [0.1, 0.15) is 11.4 Å². The van der Waals surface area contributed by atoms with Gasteiger partial charge in [-0.25, -0.2) is 0 Å². The fourth-order valence-corrected chi connectivity index (χ4v) is 2.71. The summed E-state index contributed by atoms with van der Waals surface area (Å²) in [6.07, 6.45) is -0.652. The molecule has 1 unspecified atom stereocenters. The monoisotopic (exact) mass is 318 g/mol. The van der Waals surface area contributed by atoms with Gasteiger partial charge in [0.15, 0.2) is 0 Å². The molecular weight excluding hydrogens is 296 g/mol. The van der Waals surface area contributed by atoms with Gasteiger partial charge in [-0.3, -0.25) is 19.7 Å². The van der Waals surface area contributed by atoms with Crippen LogP contribution in [0, 0.1) is 24.0 Å². The lowest BCUT2D eigenvalue weighted by Crippen LogP contribution is -2.32. The molecule has 1 heterocycles. The van der Waals surface area contributed by atoms with E-state index in [2.05, 4.69) is 5.10 Å². The Labute approximate surface area is 135 Å². The summed E-state index contributed by atoms with van der Waals surface area (Å²) < 4.78 is 1.51. The van der Waals surface area contributed by atoms with E-state index in [-0.39, 0.29) is 12.2 Å². The van der Waals surface area contributed by atoms with E-state index in [1.54, 1.807) is 13.8 Å². The lowest BCUT2D eigenvalue weighted by atomic mass is 10.2. The Morgan fingerprint density at radius 1 is 1.35 bits per heavy atom. The third-order valence-electron chi connectivity index (χ3n) is 3.73. The Morgan fingerprint density at radius 2 is 2.00 bits per heavy atom. The molecule has 0 radical (unpaired) electrons. The molecule has 0 fully saturated rings. The first-order chi connectivity index (χ1) is 10.9. The van der Waals surface area contributed by atoms with Gasteiger partial charge in [0.05, 0.1) is 17.6 Å². The Bertz CT molecular complexity index is 669. The van der Waals surface area contributed by atoms with Crippen LogP contribution in [0.3, 0.4) is 0 Å². The quantitative estimate of drug-likeness (QED) is 0.622. The topological polar surface area (TPSA) is 84.4 Å². The third kappa shape index (κ3) is 4.37. The van der Waals surface area contributed by atoms with Crippen LogP contribution in [0.4, 0.5) is 5.69 Å². The highest BCUT2D eigenvalue weighted by atomic mass is 16.6. The van der Waals surface area contributed by atoms with Crippen LogP contribution in [0.25, 0.3) is 0 Å². The molecule has 1 aromatic carbocycles. The van der Waals surface area contributed by atoms with Crippen molar-refractivity contribution in [3.8, 4) is 0 Å². The van der Waals surface area contributed by atoms with Gasteiger partial charge in [-0.15, -0.1) is 0 Å². The summed E-state index contributed by atoms with van der Waals surface area (Å²) >= 11 is 0. The molecule has 7 nitrogen and oxygen atoms in total. The Hall–Kier alpha value is -2.25. The second-order valence-corrected chi connectivity index (χ2v) is 5.79. The number of nitro groups is 1. The summed E-state index contributed by atoms with van der Waals surface area (Å²) in [5.41, 5.74) is 2.04. The predicted octanol–water partition coefficient (Wildman–Crippen LogP) is 1.90. The van der Waals surface area contributed by atoms with E-state index < -0.39 is 11.0 Å². The Morgan fingerprint density at radius 3 is 2.57 bits per heavy atom. The number of hydrogen-bond acceptors (Lipinski definition) is 5. The van der Waals surface area contributed by atoms with Crippen LogP contribution in [0.2, 0.25) is 0 Å². The number of nitrogens with zero attached hydrogens (tertiary/aromatic N) is 4. The fourth-order valence-electron chi connectivity index (χ4n) is 2.71. The number of aliphatic hydroxyl groups excluding tert-OH is 1. The standard InChI is InChI=1S/C16H22N4O3/c1-12-16(20(22)23)13(2)19(17-12)11-15(21)10-18(3)9-14-7-5-4-6-8-14/h4-8,15,21H,9-11H2,1-3H3. The molecule has 0 aliphatic rings. The number of aryl methyl sites for hydroxylation is 1. The number of aliphatic hydroxyl groups is 1. The van der Waals surface area contributed by atoms with E-state index in [1.807, 2.05) is 42.3 Å². The average Bonchev–Trinajstić information content (AvgIpc) is 2.73. The van der Waals surface area contributed by atoms with Gasteiger partial charge in [-0.05, 0) is 26.5 Å². The lowest BCUT2D eigenvalue weighted by molar-refractivity contribution is -0.386.